The van der Waals surface area contributed by atoms with Gasteiger partial charge in [0.15, 0.2) is 0 Å². The quantitative estimate of drug-likeness (QED) is 0.678. The Hall–Kier alpha value is -1.73. The van der Waals surface area contributed by atoms with Gasteiger partial charge >= 0.3 is 0 Å². The van der Waals surface area contributed by atoms with E-state index < -0.39 is 10.0 Å². The van der Waals surface area contributed by atoms with E-state index in [1.54, 1.807) is 43.6 Å². The van der Waals surface area contributed by atoms with Gasteiger partial charge in [-0.2, -0.15) is 18.4 Å². The number of hydrogen-bond donors (Lipinski definition) is 1. The molecule has 2 aromatic rings. The Kier molecular flexibility index (Phi) is 4.51. The molecule has 1 aromatic carbocycles. The van der Waals surface area contributed by atoms with E-state index in [2.05, 4.69) is 30.8 Å². The Balaban J connectivity index is 2.19. The highest BCUT2D eigenvalue weighted by atomic mass is 79.9. The molecule has 0 fully saturated rings. The summed E-state index contributed by atoms with van der Waals surface area (Å²) in [7, 11) is -3.65. The molecule has 0 saturated heterocycles. The minimum atomic E-state index is -3.65. The first-order valence-corrected chi connectivity index (χ1v) is 7.99. The third kappa shape index (κ3) is 3.64. The number of aromatic nitrogens is 1. The molecule has 0 aliphatic rings. The van der Waals surface area contributed by atoms with Crippen molar-refractivity contribution >= 4 is 31.7 Å². The van der Waals surface area contributed by atoms with Gasteiger partial charge in [0.2, 0.25) is 0 Å². The lowest BCUT2D eigenvalue weighted by atomic mass is 10.2. The van der Waals surface area contributed by atoms with E-state index in [0.29, 0.717) is 5.71 Å². The van der Waals surface area contributed by atoms with Crippen LogP contribution in [0.1, 0.15) is 12.5 Å². The first kappa shape index (κ1) is 14.7. The van der Waals surface area contributed by atoms with Crippen LogP contribution in [0, 0.1) is 0 Å². The topological polar surface area (TPSA) is 71.4 Å². The molecule has 0 atom stereocenters. The fourth-order valence-electron chi connectivity index (χ4n) is 1.45. The lowest BCUT2D eigenvalue weighted by Crippen LogP contribution is -2.19. The van der Waals surface area contributed by atoms with Crippen molar-refractivity contribution in [3.63, 3.8) is 0 Å². The molecule has 0 aliphatic heterocycles. The van der Waals surface area contributed by atoms with Crippen molar-refractivity contribution < 1.29 is 8.42 Å². The lowest BCUT2D eigenvalue weighted by molar-refractivity contribution is 0.584. The Morgan fingerprint density at radius 3 is 2.35 bits per heavy atom. The molecule has 0 spiro atoms. The van der Waals surface area contributed by atoms with Crippen molar-refractivity contribution in [3.8, 4) is 0 Å². The third-order valence-corrected chi connectivity index (χ3v) is 4.31. The number of nitrogens with one attached hydrogen (secondary N) is 1. The SMILES string of the molecule is CC(=NNS(=O)(=O)c1ccc(Br)cc1)c1ccncc1. The number of sulfonamides is 1. The van der Waals surface area contributed by atoms with E-state index in [9.17, 15) is 8.42 Å². The van der Waals surface area contributed by atoms with Crippen LogP contribution in [-0.4, -0.2) is 19.1 Å². The van der Waals surface area contributed by atoms with Gasteiger partial charge in [0.25, 0.3) is 10.0 Å². The van der Waals surface area contributed by atoms with Crippen LogP contribution in [0.5, 0.6) is 0 Å². The molecule has 0 bridgehead atoms. The first-order valence-electron chi connectivity index (χ1n) is 5.71. The fraction of sp³-hybridized carbons (Fsp3) is 0.0769. The molecule has 5 nitrogen and oxygen atoms in total. The number of pyridine rings is 1. The molecule has 0 amide bonds. The van der Waals surface area contributed by atoms with Crippen molar-refractivity contribution in [2.45, 2.75) is 11.8 Å². The fourth-order valence-corrected chi connectivity index (χ4v) is 2.57. The highest BCUT2D eigenvalue weighted by molar-refractivity contribution is 9.10. The van der Waals surface area contributed by atoms with Crippen LogP contribution < -0.4 is 4.83 Å². The molecule has 0 aliphatic carbocycles. The number of halogens is 1. The summed E-state index contributed by atoms with van der Waals surface area (Å²) >= 11 is 3.26. The molecule has 20 heavy (non-hydrogen) atoms. The lowest BCUT2D eigenvalue weighted by Gasteiger charge is -2.05. The standard InChI is InChI=1S/C13H12BrN3O2S/c1-10(11-6-8-15-9-7-11)16-17-20(18,19)13-4-2-12(14)3-5-13/h2-9,17H,1H3. The van der Waals surface area contributed by atoms with E-state index >= 15 is 0 Å². The summed E-state index contributed by atoms with van der Waals surface area (Å²) in [5.41, 5.74) is 1.37. The summed E-state index contributed by atoms with van der Waals surface area (Å²) in [6, 6.07) is 9.84. The second-order valence-corrected chi connectivity index (χ2v) is 6.56. The predicted octanol–water partition coefficient (Wildman–Crippen LogP) is 2.55. The summed E-state index contributed by atoms with van der Waals surface area (Å²) < 4.78 is 24.9. The summed E-state index contributed by atoms with van der Waals surface area (Å²) in [6.45, 7) is 1.72. The van der Waals surface area contributed by atoms with E-state index in [1.807, 2.05) is 0 Å². The first-order chi connectivity index (χ1) is 9.49. The summed E-state index contributed by atoms with van der Waals surface area (Å²) in [6.07, 6.45) is 3.25. The molecule has 1 heterocycles. The van der Waals surface area contributed by atoms with Gasteiger partial charge in [-0.25, -0.2) is 0 Å². The second kappa shape index (κ2) is 6.15. The van der Waals surface area contributed by atoms with Gasteiger partial charge < -0.3 is 0 Å². The van der Waals surface area contributed by atoms with E-state index in [0.717, 1.165) is 10.0 Å². The average Bonchev–Trinajstić information content (AvgIpc) is 2.46. The molecule has 1 aromatic heterocycles. The zero-order valence-electron chi connectivity index (χ0n) is 10.6. The Morgan fingerprint density at radius 1 is 1.15 bits per heavy atom. The smallest absolute Gasteiger partial charge is 0.265 e. The van der Waals surface area contributed by atoms with Gasteiger partial charge in [-0.15, -0.1) is 0 Å². The average molecular weight is 354 g/mol. The maximum Gasteiger partial charge on any atom is 0.276 e. The summed E-state index contributed by atoms with van der Waals surface area (Å²) in [4.78, 5) is 6.27. The van der Waals surface area contributed by atoms with Gasteiger partial charge in [-0.05, 0) is 43.3 Å². The number of rotatable bonds is 4. The number of hydrazone groups is 1. The minimum absolute atomic E-state index is 0.159. The maximum absolute atomic E-state index is 12.0. The van der Waals surface area contributed by atoms with Crippen LogP contribution in [0.3, 0.4) is 0 Å². The Morgan fingerprint density at radius 2 is 1.75 bits per heavy atom. The number of benzene rings is 1. The summed E-state index contributed by atoms with van der Waals surface area (Å²) in [5, 5.41) is 3.90. The van der Waals surface area contributed by atoms with Crippen LogP contribution >= 0.6 is 15.9 Å². The van der Waals surface area contributed by atoms with E-state index in [1.165, 1.54) is 12.1 Å². The monoisotopic (exact) mass is 353 g/mol. The predicted molar refractivity (Wildman–Crippen MR) is 80.9 cm³/mol. The van der Waals surface area contributed by atoms with Gasteiger partial charge in [-0.1, -0.05) is 15.9 Å². The highest BCUT2D eigenvalue weighted by Crippen LogP contribution is 2.14. The maximum atomic E-state index is 12.0. The molecule has 0 saturated carbocycles. The van der Waals surface area contributed by atoms with Crippen molar-refractivity contribution in [2.75, 3.05) is 0 Å². The number of hydrogen-bond acceptors (Lipinski definition) is 4. The normalized spacial score (nSPS) is 12.2. The van der Waals surface area contributed by atoms with Crippen molar-refractivity contribution in [1.82, 2.24) is 9.82 Å². The molecule has 7 heteroatoms. The van der Waals surface area contributed by atoms with E-state index in [-0.39, 0.29) is 4.90 Å². The number of nitrogens with zero attached hydrogens (tertiary/aromatic N) is 2. The van der Waals surface area contributed by atoms with Crippen LogP contribution in [0.15, 0.2) is 63.3 Å². The largest absolute Gasteiger partial charge is 0.276 e. The Labute approximate surface area is 125 Å². The zero-order valence-corrected chi connectivity index (χ0v) is 13.0. The molecule has 104 valence electrons. The minimum Gasteiger partial charge on any atom is -0.265 e. The molecular weight excluding hydrogens is 342 g/mol. The van der Waals surface area contributed by atoms with Crippen LogP contribution in [0.4, 0.5) is 0 Å². The molecule has 1 N–H and O–H groups in total. The van der Waals surface area contributed by atoms with Gasteiger partial charge in [0, 0.05) is 22.4 Å². The van der Waals surface area contributed by atoms with Crippen LogP contribution in [0.2, 0.25) is 0 Å². The van der Waals surface area contributed by atoms with Crippen molar-refractivity contribution in [2.24, 2.45) is 5.10 Å². The molecule has 0 radical (unpaired) electrons. The zero-order chi connectivity index (χ0) is 14.6. The molecule has 0 unspecified atom stereocenters. The van der Waals surface area contributed by atoms with Gasteiger partial charge in [0.05, 0.1) is 10.6 Å². The highest BCUT2D eigenvalue weighted by Gasteiger charge is 2.12. The van der Waals surface area contributed by atoms with Crippen LogP contribution in [0.25, 0.3) is 0 Å². The molecular formula is C13H12BrN3O2S. The second-order valence-electron chi connectivity index (χ2n) is 3.98. The van der Waals surface area contributed by atoms with E-state index in [4.69, 9.17) is 0 Å². The van der Waals surface area contributed by atoms with Crippen molar-refractivity contribution in [3.05, 3.63) is 58.8 Å². The third-order valence-electron chi connectivity index (χ3n) is 2.56. The summed E-state index contributed by atoms with van der Waals surface area (Å²) in [5.74, 6) is 0. The van der Waals surface area contributed by atoms with Crippen LogP contribution in [-0.2, 0) is 10.0 Å². The van der Waals surface area contributed by atoms with Gasteiger partial charge in [0.1, 0.15) is 0 Å². The Bertz CT molecular complexity index is 713. The van der Waals surface area contributed by atoms with Crippen molar-refractivity contribution in [1.29, 1.82) is 0 Å². The molecule has 2 rings (SSSR count). The van der Waals surface area contributed by atoms with Gasteiger partial charge in [-0.3, -0.25) is 4.98 Å².